The van der Waals surface area contributed by atoms with E-state index < -0.39 is 6.09 Å². The van der Waals surface area contributed by atoms with Gasteiger partial charge in [-0.2, -0.15) is 0 Å². The molecule has 0 spiro atoms. The molecule has 1 aliphatic rings. The quantitative estimate of drug-likeness (QED) is 0.481. The number of hydrogen-bond donors (Lipinski definition) is 2. The van der Waals surface area contributed by atoms with Gasteiger partial charge in [0.05, 0.1) is 6.61 Å². The van der Waals surface area contributed by atoms with Gasteiger partial charge >= 0.3 is 6.09 Å². The summed E-state index contributed by atoms with van der Waals surface area (Å²) in [6.45, 7) is 3.03. The third-order valence-corrected chi connectivity index (χ3v) is 1.84. The Bertz CT molecular complexity index is 146. The molecule has 1 saturated carbocycles. The molecular formula is C8H16N2O2. The predicted molar refractivity (Wildman–Crippen MR) is 45.5 cm³/mol. The Labute approximate surface area is 72.6 Å². The second-order valence-electron chi connectivity index (χ2n) is 3.00. The Hall–Kier alpha value is -0.770. The summed E-state index contributed by atoms with van der Waals surface area (Å²) in [6, 6.07) is 0. The second-order valence-corrected chi connectivity index (χ2v) is 3.00. The monoisotopic (exact) mass is 172 g/mol. The molecule has 0 aromatic rings. The SMILES string of the molecule is CCOC(=O)NNCCC1CC1. The normalized spacial score (nSPS) is 15.8. The van der Waals surface area contributed by atoms with Gasteiger partial charge in [0.2, 0.25) is 0 Å². The lowest BCUT2D eigenvalue weighted by Crippen LogP contribution is -2.38. The van der Waals surface area contributed by atoms with E-state index >= 15 is 0 Å². The maximum Gasteiger partial charge on any atom is 0.421 e. The van der Waals surface area contributed by atoms with E-state index in [-0.39, 0.29) is 0 Å². The summed E-state index contributed by atoms with van der Waals surface area (Å²) in [7, 11) is 0. The molecule has 4 heteroatoms. The summed E-state index contributed by atoms with van der Waals surface area (Å²) in [5.41, 5.74) is 5.27. The maximum absolute atomic E-state index is 10.7. The smallest absolute Gasteiger partial charge is 0.421 e. The van der Waals surface area contributed by atoms with Crippen LogP contribution in [-0.4, -0.2) is 19.2 Å². The molecule has 1 amide bonds. The van der Waals surface area contributed by atoms with E-state index in [0.717, 1.165) is 18.9 Å². The Morgan fingerprint density at radius 3 is 2.92 bits per heavy atom. The average molecular weight is 172 g/mol. The highest BCUT2D eigenvalue weighted by Crippen LogP contribution is 2.31. The van der Waals surface area contributed by atoms with Crippen LogP contribution in [0.2, 0.25) is 0 Å². The minimum absolute atomic E-state index is 0.395. The summed E-state index contributed by atoms with van der Waals surface area (Å²) in [4.78, 5) is 10.7. The van der Waals surface area contributed by atoms with Crippen molar-refractivity contribution in [3.63, 3.8) is 0 Å². The number of rotatable bonds is 5. The van der Waals surface area contributed by atoms with Crippen LogP contribution in [0.4, 0.5) is 4.79 Å². The fraction of sp³-hybridized carbons (Fsp3) is 0.875. The van der Waals surface area contributed by atoms with Crippen LogP contribution in [0.15, 0.2) is 0 Å². The van der Waals surface area contributed by atoms with E-state index in [9.17, 15) is 4.79 Å². The molecule has 1 rings (SSSR count). The van der Waals surface area contributed by atoms with E-state index in [0.29, 0.717) is 6.61 Å². The number of hydrazine groups is 1. The van der Waals surface area contributed by atoms with Gasteiger partial charge in [-0.25, -0.2) is 10.2 Å². The number of amides is 1. The summed E-state index contributed by atoms with van der Waals surface area (Å²) in [6.07, 6.45) is 3.45. The zero-order valence-corrected chi connectivity index (χ0v) is 7.43. The van der Waals surface area contributed by atoms with Crippen molar-refractivity contribution >= 4 is 6.09 Å². The maximum atomic E-state index is 10.7. The van der Waals surface area contributed by atoms with E-state index in [1.165, 1.54) is 12.8 Å². The fourth-order valence-corrected chi connectivity index (χ4v) is 0.985. The van der Waals surface area contributed by atoms with Crippen LogP contribution < -0.4 is 10.9 Å². The zero-order valence-electron chi connectivity index (χ0n) is 7.43. The minimum atomic E-state index is -0.395. The Kier molecular flexibility index (Phi) is 3.87. The van der Waals surface area contributed by atoms with Crippen molar-refractivity contribution in [1.82, 2.24) is 10.9 Å². The highest BCUT2D eigenvalue weighted by atomic mass is 16.5. The van der Waals surface area contributed by atoms with E-state index in [1.807, 2.05) is 0 Å². The second kappa shape index (κ2) is 4.98. The largest absolute Gasteiger partial charge is 0.449 e. The topological polar surface area (TPSA) is 50.4 Å². The molecule has 0 bridgehead atoms. The lowest BCUT2D eigenvalue weighted by molar-refractivity contribution is 0.147. The number of carbonyl (C=O) groups excluding carboxylic acids is 1. The molecule has 0 aromatic carbocycles. The first-order valence-corrected chi connectivity index (χ1v) is 4.48. The minimum Gasteiger partial charge on any atom is -0.449 e. The lowest BCUT2D eigenvalue weighted by atomic mass is 10.3. The molecule has 0 aliphatic heterocycles. The van der Waals surface area contributed by atoms with Gasteiger partial charge in [0.1, 0.15) is 0 Å². The molecule has 0 heterocycles. The van der Waals surface area contributed by atoms with Crippen molar-refractivity contribution in [3.8, 4) is 0 Å². The van der Waals surface area contributed by atoms with E-state index in [4.69, 9.17) is 0 Å². The molecule has 1 fully saturated rings. The molecule has 70 valence electrons. The third-order valence-electron chi connectivity index (χ3n) is 1.84. The molecule has 12 heavy (non-hydrogen) atoms. The number of ether oxygens (including phenoxy) is 1. The van der Waals surface area contributed by atoms with Gasteiger partial charge in [-0.3, -0.25) is 5.43 Å². The number of carbonyl (C=O) groups is 1. The van der Waals surface area contributed by atoms with Crippen molar-refractivity contribution in [1.29, 1.82) is 0 Å². The molecule has 0 aromatic heterocycles. The fourth-order valence-electron chi connectivity index (χ4n) is 0.985. The predicted octanol–water partition coefficient (Wildman–Crippen LogP) is 1.04. The van der Waals surface area contributed by atoms with Gasteiger partial charge in [-0.05, 0) is 19.3 Å². The molecule has 0 saturated heterocycles. The first-order valence-electron chi connectivity index (χ1n) is 4.48. The third kappa shape index (κ3) is 4.18. The first-order chi connectivity index (χ1) is 5.83. The number of nitrogens with one attached hydrogen (secondary N) is 2. The van der Waals surface area contributed by atoms with Gasteiger partial charge in [0.25, 0.3) is 0 Å². The van der Waals surface area contributed by atoms with Gasteiger partial charge < -0.3 is 4.74 Å². The molecular weight excluding hydrogens is 156 g/mol. The molecule has 4 nitrogen and oxygen atoms in total. The lowest BCUT2D eigenvalue weighted by Gasteiger charge is -2.05. The van der Waals surface area contributed by atoms with Crippen molar-refractivity contribution in [2.75, 3.05) is 13.2 Å². The average Bonchev–Trinajstić information content (AvgIpc) is 2.82. The van der Waals surface area contributed by atoms with Crippen molar-refractivity contribution in [2.45, 2.75) is 26.2 Å². The zero-order chi connectivity index (χ0) is 8.81. The highest BCUT2D eigenvalue weighted by Gasteiger charge is 2.20. The molecule has 0 atom stereocenters. The van der Waals surface area contributed by atoms with E-state index in [2.05, 4.69) is 15.6 Å². The van der Waals surface area contributed by atoms with Crippen LogP contribution in [0.25, 0.3) is 0 Å². The van der Waals surface area contributed by atoms with Crippen LogP contribution in [-0.2, 0) is 4.74 Å². The van der Waals surface area contributed by atoms with Crippen LogP contribution in [0.3, 0.4) is 0 Å². The van der Waals surface area contributed by atoms with Crippen LogP contribution in [0.1, 0.15) is 26.2 Å². The van der Waals surface area contributed by atoms with Gasteiger partial charge in [0, 0.05) is 6.54 Å². The molecule has 0 radical (unpaired) electrons. The molecule has 1 aliphatic carbocycles. The Balaban J connectivity index is 1.83. The molecule has 2 N–H and O–H groups in total. The summed E-state index contributed by atoms with van der Waals surface area (Å²) in [5, 5.41) is 0. The highest BCUT2D eigenvalue weighted by molar-refractivity contribution is 5.66. The first kappa shape index (κ1) is 9.32. The van der Waals surface area contributed by atoms with E-state index in [1.54, 1.807) is 6.92 Å². The summed E-state index contributed by atoms with van der Waals surface area (Å²) in [5.74, 6) is 0.890. The van der Waals surface area contributed by atoms with Gasteiger partial charge in [0.15, 0.2) is 0 Å². The standard InChI is InChI=1S/C8H16N2O2/c1-2-12-8(11)10-9-6-5-7-3-4-7/h7,9H,2-6H2,1H3,(H,10,11). The Morgan fingerprint density at radius 2 is 2.33 bits per heavy atom. The van der Waals surface area contributed by atoms with Crippen molar-refractivity contribution in [2.24, 2.45) is 5.92 Å². The van der Waals surface area contributed by atoms with Crippen molar-refractivity contribution in [3.05, 3.63) is 0 Å². The van der Waals surface area contributed by atoms with Crippen LogP contribution in [0, 0.1) is 5.92 Å². The Morgan fingerprint density at radius 1 is 1.58 bits per heavy atom. The van der Waals surface area contributed by atoms with Gasteiger partial charge in [-0.1, -0.05) is 12.8 Å². The van der Waals surface area contributed by atoms with Crippen LogP contribution >= 0.6 is 0 Å². The summed E-state index contributed by atoms with van der Waals surface area (Å²) < 4.78 is 4.65. The van der Waals surface area contributed by atoms with Crippen molar-refractivity contribution < 1.29 is 9.53 Å². The van der Waals surface area contributed by atoms with Crippen LogP contribution in [0.5, 0.6) is 0 Å². The van der Waals surface area contributed by atoms with Gasteiger partial charge in [-0.15, -0.1) is 0 Å². The number of hydrogen-bond acceptors (Lipinski definition) is 3. The summed E-state index contributed by atoms with van der Waals surface area (Å²) >= 11 is 0. The molecule has 0 unspecified atom stereocenters.